The zero-order valence-electron chi connectivity index (χ0n) is 10.1. The Hall–Kier alpha value is -0.550. The third kappa shape index (κ3) is 2.77. The van der Waals surface area contributed by atoms with E-state index in [1.807, 2.05) is 24.3 Å². The van der Waals surface area contributed by atoms with Crippen LogP contribution in [-0.4, -0.2) is 27.1 Å². The van der Waals surface area contributed by atoms with Gasteiger partial charge in [-0.3, -0.25) is 0 Å². The van der Waals surface area contributed by atoms with Crippen LogP contribution in [0, 0.1) is 0 Å². The number of benzene rings is 1. The Morgan fingerprint density at radius 2 is 1.50 bits per heavy atom. The summed E-state index contributed by atoms with van der Waals surface area (Å²) in [7, 11) is 4.67. The van der Waals surface area contributed by atoms with Gasteiger partial charge in [0.25, 0.3) is 0 Å². The molecule has 0 N–H and O–H groups in total. The van der Waals surface area contributed by atoms with Crippen LogP contribution in [0.15, 0.2) is 29.2 Å². The minimum Gasteiger partial charge on any atom is -0.327 e. The molecular weight excluding hydrogens is 224 g/mol. The molecule has 0 amide bonds. The molecule has 3 nitrogen and oxygen atoms in total. The quantitative estimate of drug-likeness (QED) is 0.566. The van der Waals surface area contributed by atoms with Crippen LogP contribution in [0.4, 0.5) is 0 Å². The number of hydrogen-bond donors (Lipinski definition) is 0. The van der Waals surface area contributed by atoms with Crippen LogP contribution in [0.3, 0.4) is 0 Å². The summed E-state index contributed by atoms with van der Waals surface area (Å²) in [6.45, 7) is 2.13. The van der Waals surface area contributed by atoms with Gasteiger partial charge in [-0.2, -0.15) is 0 Å². The predicted octanol–water partition coefficient (Wildman–Crippen LogP) is 2.85. The minimum atomic E-state index is -1.10. The molecule has 4 heteroatoms. The average molecular weight is 242 g/mol. The van der Waals surface area contributed by atoms with Gasteiger partial charge in [0.2, 0.25) is 0 Å². The first kappa shape index (κ1) is 13.5. The molecule has 0 fully saturated rings. The number of thioether (sulfide) groups is 1. The minimum absolute atomic E-state index is 0.848. The first-order chi connectivity index (χ1) is 7.72. The highest BCUT2D eigenvalue weighted by molar-refractivity contribution is 7.99. The molecule has 0 aliphatic heterocycles. The fourth-order valence-electron chi connectivity index (χ4n) is 1.53. The van der Waals surface area contributed by atoms with Crippen LogP contribution in [0.1, 0.15) is 12.5 Å². The van der Waals surface area contributed by atoms with Gasteiger partial charge in [-0.05, 0) is 30.0 Å². The van der Waals surface area contributed by atoms with Gasteiger partial charge in [0.05, 0.1) is 0 Å². The number of rotatable bonds is 6. The van der Waals surface area contributed by atoms with Crippen molar-refractivity contribution in [3.05, 3.63) is 29.8 Å². The van der Waals surface area contributed by atoms with E-state index in [4.69, 9.17) is 14.2 Å². The summed E-state index contributed by atoms with van der Waals surface area (Å²) < 4.78 is 15.8. The Kier molecular flexibility index (Phi) is 5.28. The van der Waals surface area contributed by atoms with Crippen LogP contribution in [0.25, 0.3) is 0 Å². The number of hydrogen-bond acceptors (Lipinski definition) is 4. The molecule has 0 unspecified atom stereocenters. The fraction of sp³-hybridized carbons (Fsp3) is 0.500. The van der Waals surface area contributed by atoms with E-state index < -0.39 is 5.97 Å². The lowest BCUT2D eigenvalue weighted by molar-refractivity contribution is -0.364. The van der Waals surface area contributed by atoms with E-state index in [9.17, 15) is 0 Å². The summed E-state index contributed by atoms with van der Waals surface area (Å²) in [5, 5.41) is 0. The van der Waals surface area contributed by atoms with Crippen molar-refractivity contribution in [2.24, 2.45) is 0 Å². The molecule has 0 aliphatic carbocycles. The van der Waals surface area contributed by atoms with Crippen molar-refractivity contribution in [3.8, 4) is 0 Å². The SMILES string of the molecule is CCSc1ccc(C(OC)(OC)OC)cc1. The first-order valence-electron chi connectivity index (χ1n) is 5.11. The van der Waals surface area contributed by atoms with E-state index in [0.717, 1.165) is 11.3 Å². The van der Waals surface area contributed by atoms with Gasteiger partial charge in [-0.15, -0.1) is 11.8 Å². The third-order valence-corrected chi connectivity index (χ3v) is 3.22. The fourth-order valence-corrected chi connectivity index (χ4v) is 2.19. The van der Waals surface area contributed by atoms with Gasteiger partial charge in [-0.25, -0.2) is 0 Å². The Morgan fingerprint density at radius 3 is 1.88 bits per heavy atom. The van der Waals surface area contributed by atoms with E-state index in [1.54, 1.807) is 33.1 Å². The molecule has 16 heavy (non-hydrogen) atoms. The van der Waals surface area contributed by atoms with Crippen molar-refractivity contribution in [1.29, 1.82) is 0 Å². The Morgan fingerprint density at radius 1 is 1.00 bits per heavy atom. The first-order valence-corrected chi connectivity index (χ1v) is 6.09. The van der Waals surface area contributed by atoms with Crippen molar-refractivity contribution in [2.45, 2.75) is 17.8 Å². The Balaban J connectivity index is 2.94. The van der Waals surface area contributed by atoms with Crippen molar-refractivity contribution in [3.63, 3.8) is 0 Å². The lowest BCUT2D eigenvalue weighted by Crippen LogP contribution is -2.32. The maximum Gasteiger partial charge on any atom is 0.311 e. The van der Waals surface area contributed by atoms with Crippen LogP contribution < -0.4 is 0 Å². The molecule has 1 rings (SSSR count). The summed E-state index contributed by atoms with van der Waals surface area (Å²) >= 11 is 1.79. The highest BCUT2D eigenvalue weighted by Crippen LogP contribution is 2.28. The second-order valence-electron chi connectivity index (χ2n) is 3.13. The maximum absolute atomic E-state index is 5.27. The van der Waals surface area contributed by atoms with E-state index in [2.05, 4.69) is 6.92 Å². The molecule has 90 valence electrons. The summed E-state index contributed by atoms with van der Waals surface area (Å²) in [5.74, 6) is -0.0429. The smallest absolute Gasteiger partial charge is 0.311 e. The monoisotopic (exact) mass is 242 g/mol. The normalized spacial score (nSPS) is 11.8. The molecule has 0 spiro atoms. The molecule has 1 aromatic rings. The lowest BCUT2D eigenvalue weighted by Gasteiger charge is -2.28. The van der Waals surface area contributed by atoms with Crippen LogP contribution in [0.5, 0.6) is 0 Å². The zero-order valence-corrected chi connectivity index (χ0v) is 11.0. The molecule has 0 saturated heterocycles. The van der Waals surface area contributed by atoms with Crippen molar-refractivity contribution in [1.82, 2.24) is 0 Å². The molecule has 0 aliphatic rings. The molecule has 1 aromatic carbocycles. The summed E-state index contributed by atoms with van der Waals surface area (Å²) in [6, 6.07) is 7.98. The largest absolute Gasteiger partial charge is 0.327 e. The molecule has 0 heterocycles. The molecule has 0 aromatic heterocycles. The third-order valence-electron chi connectivity index (χ3n) is 2.33. The predicted molar refractivity (Wildman–Crippen MR) is 65.5 cm³/mol. The lowest BCUT2D eigenvalue weighted by atomic mass is 10.2. The van der Waals surface area contributed by atoms with Crippen LogP contribution in [0.2, 0.25) is 0 Å². The van der Waals surface area contributed by atoms with Gasteiger partial charge in [-0.1, -0.05) is 6.92 Å². The van der Waals surface area contributed by atoms with Gasteiger partial charge < -0.3 is 14.2 Å². The van der Waals surface area contributed by atoms with Crippen molar-refractivity contribution in [2.75, 3.05) is 27.1 Å². The highest BCUT2D eigenvalue weighted by atomic mass is 32.2. The summed E-state index contributed by atoms with van der Waals surface area (Å²) in [4.78, 5) is 1.23. The van der Waals surface area contributed by atoms with Crippen LogP contribution >= 0.6 is 11.8 Å². The maximum atomic E-state index is 5.27. The molecule has 0 atom stereocenters. The van der Waals surface area contributed by atoms with E-state index in [1.165, 1.54) is 4.90 Å². The molecular formula is C12H18O3S. The molecule has 0 bridgehead atoms. The van der Waals surface area contributed by atoms with E-state index in [-0.39, 0.29) is 0 Å². The van der Waals surface area contributed by atoms with Crippen molar-refractivity contribution >= 4 is 11.8 Å². The van der Waals surface area contributed by atoms with Gasteiger partial charge >= 0.3 is 5.97 Å². The molecule has 0 saturated carbocycles. The summed E-state index contributed by atoms with van der Waals surface area (Å²) in [5.41, 5.74) is 0.848. The molecule has 0 radical (unpaired) electrons. The van der Waals surface area contributed by atoms with E-state index >= 15 is 0 Å². The van der Waals surface area contributed by atoms with Gasteiger partial charge in [0.1, 0.15) is 0 Å². The second kappa shape index (κ2) is 6.25. The number of methoxy groups -OCH3 is 3. The summed E-state index contributed by atoms with van der Waals surface area (Å²) in [6.07, 6.45) is 0. The number of ether oxygens (including phenoxy) is 3. The van der Waals surface area contributed by atoms with Crippen LogP contribution in [-0.2, 0) is 20.2 Å². The Labute approximate surface area is 101 Å². The standard InChI is InChI=1S/C12H18O3S/c1-5-16-11-8-6-10(7-9-11)12(13-2,14-3)15-4/h6-9H,5H2,1-4H3. The zero-order chi connectivity index (χ0) is 12.0. The highest BCUT2D eigenvalue weighted by Gasteiger charge is 2.32. The topological polar surface area (TPSA) is 27.7 Å². The van der Waals surface area contributed by atoms with Gasteiger partial charge in [0.15, 0.2) is 0 Å². The average Bonchev–Trinajstić information content (AvgIpc) is 2.34. The second-order valence-corrected chi connectivity index (χ2v) is 4.46. The van der Waals surface area contributed by atoms with Gasteiger partial charge in [0, 0.05) is 31.8 Å². The van der Waals surface area contributed by atoms with Crippen molar-refractivity contribution < 1.29 is 14.2 Å². The van der Waals surface area contributed by atoms with E-state index in [0.29, 0.717) is 0 Å². The Bertz CT molecular complexity index is 298.